The van der Waals surface area contributed by atoms with E-state index in [2.05, 4.69) is 12.2 Å². The molecule has 0 amide bonds. The van der Waals surface area contributed by atoms with Crippen molar-refractivity contribution in [1.29, 1.82) is 0 Å². The van der Waals surface area contributed by atoms with Crippen LogP contribution >= 0.6 is 0 Å². The monoisotopic (exact) mass is 293 g/mol. The molecule has 21 heavy (non-hydrogen) atoms. The molecule has 1 aromatic carbocycles. The Kier molecular flexibility index (Phi) is 5.59. The summed E-state index contributed by atoms with van der Waals surface area (Å²) in [5.74, 6) is 0.300. The van der Waals surface area contributed by atoms with Crippen molar-refractivity contribution < 1.29 is 13.9 Å². The van der Waals surface area contributed by atoms with Crippen LogP contribution in [0.1, 0.15) is 39.5 Å². The van der Waals surface area contributed by atoms with E-state index in [1.54, 1.807) is 25.1 Å². The number of hydrogen-bond donors (Lipinski definition) is 1. The maximum absolute atomic E-state index is 13.8. The normalized spacial score (nSPS) is 23.4. The summed E-state index contributed by atoms with van der Waals surface area (Å²) in [6.45, 7) is 4.37. The van der Waals surface area contributed by atoms with E-state index in [4.69, 9.17) is 4.74 Å². The van der Waals surface area contributed by atoms with Crippen molar-refractivity contribution in [2.75, 3.05) is 11.9 Å². The van der Waals surface area contributed by atoms with Gasteiger partial charge in [-0.1, -0.05) is 31.9 Å². The zero-order valence-corrected chi connectivity index (χ0v) is 12.8. The lowest BCUT2D eigenvalue weighted by atomic mass is 9.79. The molecule has 0 bridgehead atoms. The first-order valence-electron chi connectivity index (χ1n) is 7.79. The van der Waals surface area contributed by atoms with E-state index in [-0.39, 0.29) is 17.7 Å². The maximum Gasteiger partial charge on any atom is 0.328 e. The summed E-state index contributed by atoms with van der Waals surface area (Å²) in [4.78, 5) is 12.2. The molecule has 1 atom stereocenters. The van der Waals surface area contributed by atoms with Gasteiger partial charge in [-0.15, -0.1) is 0 Å². The first-order chi connectivity index (χ1) is 10.1. The number of para-hydroxylation sites is 1. The van der Waals surface area contributed by atoms with Crippen LogP contribution in [0.5, 0.6) is 0 Å². The van der Waals surface area contributed by atoms with Crippen LogP contribution in [-0.4, -0.2) is 18.6 Å². The summed E-state index contributed by atoms with van der Waals surface area (Å²) >= 11 is 0. The molecule has 0 radical (unpaired) electrons. The molecule has 1 fully saturated rings. The van der Waals surface area contributed by atoms with E-state index in [9.17, 15) is 9.18 Å². The van der Waals surface area contributed by atoms with Gasteiger partial charge in [-0.3, -0.25) is 0 Å². The second-order valence-corrected chi connectivity index (χ2v) is 5.87. The molecule has 1 N–H and O–H groups in total. The third-order valence-corrected chi connectivity index (χ3v) is 4.26. The number of carbonyl (C=O) groups excluding carboxylic acids is 1. The average Bonchev–Trinajstić information content (AvgIpc) is 2.48. The van der Waals surface area contributed by atoms with Crippen molar-refractivity contribution in [2.24, 2.45) is 11.8 Å². The molecule has 116 valence electrons. The Hall–Kier alpha value is -1.58. The number of hydrogen-bond acceptors (Lipinski definition) is 3. The van der Waals surface area contributed by atoms with Gasteiger partial charge >= 0.3 is 5.97 Å². The average molecular weight is 293 g/mol. The second-order valence-electron chi connectivity index (χ2n) is 5.87. The highest BCUT2D eigenvalue weighted by Crippen LogP contribution is 2.32. The van der Waals surface area contributed by atoms with Crippen molar-refractivity contribution in [1.82, 2.24) is 0 Å². The number of carbonyl (C=O) groups is 1. The molecule has 1 unspecified atom stereocenters. The highest BCUT2D eigenvalue weighted by molar-refractivity contribution is 5.79. The summed E-state index contributed by atoms with van der Waals surface area (Å²) in [6.07, 6.45) is 4.18. The van der Waals surface area contributed by atoms with Gasteiger partial charge in [-0.05, 0) is 43.7 Å². The van der Waals surface area contributed by atoms with Crippen LogP contribution in [0.3, 0.4) is 0 Å². The SMILES string of the molecule is CCOC(=O)C(Nc1ccccc1F)C1CCC(C)CC1. The molecule has 1 aromatic rings. The summed E-state index contributed by atoms with van der Waals surface area (Å²) in [7, 11) is 0. The standard InChI is InChI=1S/C17H24FNO2/c1-3-21-17(20)16(13-10-8-12(2)9-11-13)19-15-7-5-4-6-14(15)18/h4-7,12-13,16,19H,3,8-11H2,1-2H3. The van der Waals surface area contributed by atoms with Gasteiger partial charge in [0.1, 0.15) is 11.9 Å². The van der Waals surface area contributed by atoms with Crippen LogP contribution in [0.25, 0.3) is 0 Å². The quantitative estimate of drug-likeness (QED) is 0.834. The lowest BCUT2D eigenvalue weighted by molar-refractivity contribution is -0.145. The van der Waals surface area contributed by atoms with Crippen LogP contribution < -0.4 is 5.32 Å². The van der Waals surface area contributed by atoms with Crippen molar-refractivity contribution in [3.8, 4) is 0 Å². The maximum atomic E-state index is 13.8. The minimum Gasteiger partial charge on any atom is -0.464 e. The zero-order chi connectivity index (χ0) is 15.2. The Labute approximate surface area is 125 Å². The fourth-order valence-electron chi connectivity index (χ4n) is 2.97. The fourth-order valence-corrected chi connectivity index (χ4v) is 2.97. The molecule has 1 saturated carbocycles. The molecular formula is C17H24FNO2. The lowest BCUT2D eigenvalue weighted by Crippen LogP contribution is -2.40. The first-order valence-corrected chi connectivity index (χ1v) is 7.79. The second kappa shape index (κ2) is 7.43. The van der Waals surface area contributed by atoms with Crippen molar-refractivity contribution in [3.05, 3.63) is 30.1 Å². The largest absolute Gasteiger partial charge is 0.464 e. The third-order valence-electron chi connectivity index (χ3n) is 4.26. The molecule has 1 aliphatic rings. The fraction of sp³-hybridized carbons (Fsp3) is 0.588. The topological polar surface area (TPSA) is 38.3 Å². The van der Waals surface area contributed by atoms with Gasteiger partial charge in [0.15, 0.2) is 0 Å². The first kappa shape index (κ1) is 15.8. The lowest BCUT2D eigenvalue weighted by Gasteiger charge is -2.32. The molecule has 0 aromatic heterocycles. The Bertz CT molecular complexity index is 470. The van der Waals surface area contributed by atoms with Gasteiger partial charge in [-0.2, -0.15) is 0 Å². The van der Waals surface area contributed by atoms with Gasteiger partial charge in [0.05, 0.1) is 12.3 Å². The van der Waals surface area contributed by atoms with E-state index < -0.39 is 6.04 Å². The van der Waals surface area contributed by atoms with E-state index in [1.165, 1.54) is 6.07 Å². The van der Waals surface area contributed by atoms with Crippen molar-refractivity contribution in [3.63, 3.8) is 0 Å². The molecule has 0 saturated heterocycles. The number of nitrogens with one attached hydrogen (secondary N) is 1. The van der Waals surface area contributed by atoms with E-state index in [0.717, 1.165) is 25.7 Å². The Morgan fingerprint density at radius 1 is 1.33 bits per heavy atom. The van der Waals surface area contributed by atoms with Crippen molar-refractivity contribution >= 4 is 11.7 Å². The van der Waals surface area contributed by atoms with E-state index in [1.807, 2.05) is 0 Å². The Morgan fingerprint density at radius 2 is 2.00 bits per heavy atom. The summed E-state index contributed by atoms with van der Waals surface area (Å²) in [6, 6.07) is 5.99. The molecule has 3 nitrogen and oxygen atoms in total. The molecule has 1 aliphatic carbocycles. The Morgan fingerprint density at radius 3 is 2.62 bits per heavy atom. The molecule has 0 heterocycles. The van der Waals surface area contributed by atoms with Gasteiger partial charge in [0.25, 0.3) is 0 Å². The van der Waals surface area contributed by atoms with E-state index >= 15 is 0 Å². The zero-order valence-electron chi connectivity index (χ0n) is 12.8. The Balaban J connectivity index is 2.12. The van der Waals surface area contributed by atoms with Crippen LogP contribution in [-0.2, 0) is 9.53 Å². The van der Waals surface area contributed by atoms with Gasteiger partial charge in [0, 0.05) is 0 Å². The minimum atomic E-state index is -0.464. The van der Waals surface area contributed by atoms with Gasteiger partial charge in [-0.25, -0.2) is 9.18 Å². The molecule has 4 heteroatoms. The number of ether oxygens (including phenoxy) is 1. The summed E-state index contributed by atoms with van der Waals surface area (Å²) in [5, 5.41) is 3.07. The highest BCUT2D eigenvalue weighted by Gasteiger charge is 2.32. The molecule has 0 spiro atoms. The van der Waals surface area contributed by atoms with Crippen molar-refractivity contribution in [2.45, 2.75) is 45.6 Å². The number of benzene rings is 1. The van der Waals surface area contributed by atoms with Crippen LogP contribution in [0, 0.1) is 17.7 Å². The smallest absolute Gasteiger partial charge is 0.328 e. The van der Waals surface area contributed by atoms with Crippen LogP contribution in [0.2, 0.25) is 0 Å². The van der Waals surface area contributed by atoms with Gasteiger partial charge < -0.3 is 10.1 Å². The summed E-state index contributed by atoms with van der Waals surface area (Å²) < 4.78 is 19.0. The van der Waals surface area contributed by atoms with E-state index in [0.29, 0.717) is 18.2 Å². The predicted molar refractivity (Wildman–Crippen MR) is 81.6 cm³/mol. The molecular weight excluding hydrogens is 269 g/mol. The minimum absolute atomic E-state index is 0.208. The number of rotatable bonds is 5. The predicted octanol–water partition coefficient (Wildman–Crippen LogP) is 4.00. The number of esters is 1. The number of halogens is 1. The van der Waals surface area contributed by atoms with Crippen LogP contribution in [0.15, 0.2) is 24.3 Å². The number of anilines is 1. The molecule has 2 rings (SSSR count). The third kappa shape index (κ3) is 4.19. The summed E-state index contributed by atoms with van der Waals surface area (Å²) in [5.41, 5.74) is 0.370. The molecule has 0 aliphatic heterocycles. The van der Waals surface area contributed by atoms with Gasteiger partial charge in [0.2, 0.25) is 0 Å². The highest BCUT2D eigenvalue weighted by atomic mass is 19.1. The van der Waals surface area contributed by atoms with Crippen LogP contribution in [0.4, 0.5) is 10.1 Å².